The molecule has 0 bridgehead atoms. The Morgan fingerprint density at radius 2 is 1.86 bits per heavy atom. The van der Waals surface area contributed by atoms with Crippen molar-refractivity contribution in [2.45, 2.75) is 53.5 Å². The highest BCUT2D eigenvalue weighted by Gasteiger charge is 2.19. The average molecular weight is 201 g/mol. The van der Waals surface area contributed by atoms with E-state index in [0.29, 0.717) is 11.3 Å². The molecule has 0 aliphatic heterocycles. The Morgan fingerprint density at radius 3 is 2.21 bits per heavy atom. The van der Waals surface area contributed by atoms with Gasteiger partial charge in [0.25, 0.3) is 0 Å². The molecule has 0 fully saturated rings. The van der Waals surface area contributed by atoms with Crippen LogP contribution in [-0.2, 0) is 0 Å². The van der Waals surface area contributed by atoms with Crippen LogP contribution in [0.4, 0.5) is 0 Å². The fourth-order valence-corrected chi connectivity index (χ4v) is 1.68. The summed E-state index contributed by atoms with van der Waals surface area (Å²) in [5, 5.41) is 12.6. The van der Waals surface area contributed by atoms with Gasteiger partial charge in [0.05, 0.1) is 6.61 Å². The molecule has 14 heavy (non-hydrogen) atoms. The highest BCUT2D eigenvalue weighted by molar-refractivity contribution is 4.76. The number of rotatable bonds is 7. The number of nitrogens with one attached hydrogen (secondary N) is 1. The van der Waals surface area contributed by atoms with Gasteiger partial charge in [0.2, 0.25) is 0 Å². The van der Waals surface area contributed by atoms with Crippen molar-refractivity contribution in [3.8, 4) is 0 Å². The number of aliphatic hydroxyl groups is 1. The molecule has 0 saturated heterocycles. The molecule has 2 heteroatoms. The third-order valence-corrected chi connectivity index (χ3v) is 2.77. The quantitative estimate of drug-likeness (QED) is 0.663. The van der Waals surface area contributed by atoms with Gasteiger partial charge in [-0.2, -0.15) is 0 Å². The van der Waals surface area contributed by atoms with E-state index in [0.717, 1.165) is 6.54 Å². The van der Waals surface area contributed by atoms with E-state index >= 15 is 0 Å². The Bertz CT molecular complexity index is 143. The first-order valence-corrected chi connectivity index (χ1v) is 5.77. The summed E-state index contributed by atoms with van der Waals surface area (Å²) in [6.07, 6.45) is 2.45. The van der Waals surface area contributed by atoms with E-state index < -0.39 is 0 Å². The van der Waals surface area contributed by atoms with E-state index in [1.165, 1.54) is 12.8 Å². The van der Waals surface area contributed by atoms with E-state index in [9.17, 15) is 0 Å². The zero-order valence-corrected chi connectivity index (χ0v) is 10.4. The molecule has 1 atom stereocenters. The van der Waals surface area contributed by atoms with Gasteiger partial charge in [0.15, 0.2) is 0 Å². The minimum Gasteiger partial charge on any atom is -0.395 e. The van der Waals surface area contributed by atoms with E-state index in [1.807, 2.05) is 0 Å². The second kappa shape index (κ2) is 6.41. The lowest BCUT2D eigenvalue weighted by Gasteiger charge is -2.29. The Kier molecular flexibility index (Phi) is 6.38. The highest BCUT2D eigenvalue weighted by Crippen LogP contribution is 2.21. The average Bonchev–Trinajstić information content (AvgIpc) is 2.04. The Morgan fingerprint density at radius 1 is 1.29 bits per heavy atom. The van der Waals surface area contributed by atoms with E-state index in [4.69, 9.17) is 5.11 Å². The van der Waals surface area contributed by atoms with Crippen molar-refractivity contribution in [3.05, 3.63) is 0 Å². The zero-order valence-electron chi connectivity index (χ0n) is 10.4. The SMILES string of the molecule is CCCC(C)(C)CNC(CO)C(C)C. The monoisotopic (exact) mass is 201 g/mol. The highest BCUT2D eigenvalue weighted by atomic mass is 16.3. The number of hydrogen-bond acceptors (Lipinski definition) is 2. The Hall–Kier alpha value is -0.0800. The molecular weight excluding hydrogens is 174 g/mol. The molecule has 0 aromatic rings. The van der Waals surface area contributed by atoms with Gasteiger partial charge in [-0.1, -0.05) is 41.0 Å². The summed E-state index contributed by atoms with van der Waals surface area (Å²) in [4.78, 5) is 0. The van der Waals surface area contributed by atoms with Gasteiger partial charge in [-0.05, 0) is 17.8 Å². The molecule has 0 rings (SSSR count). The van der Waals surface area contributed by atoms with Crippen molar-refractivity contribution in [1.29, 1.82) is 0 Å². The van der Waals surface area contributed by atoms with Crippen LogP contribution in [0.15, 0.2) is 0 Å². The molecule has 0 saturated carbocycles. The largest absolute Gasteiger partial charge is 0.395 e. The molecular formula is C12H27NO. The summed E-state index contributed by atoms with van der Waals surface area (Å²) in [5.41, 5.74) is 0.344. The van der Waals surface area contributed by atoms with Gasteiger partial charge in [-0.3, -0.25) is 0 Å². The summed E-state index contributed by atoms with van der Waals surface area (Å²) in [6, 6.07) is 0.242. The van der Waals surface area contributed by atoms with Crippen LogP contribution < -0.4 is 5.32 Å². The van der Waals surface area contributed by atoms with Crippen LogP contribution in [0, 0.1) is 11.3 Å². The van der Waals surface area contributed by atoms with Crippen LogP contribution in [0.2, 0.25) is 0 Å². The van der Waals surface area contributed by atoms with Crippen molar-refractivity contribution in [2.24, 2.45) is 11.3 Å². The molecule has 0 aromatic heterocycles. The predicted octanol–water partition coefficient (Wildman–Crippen LogP) is 2.42. The summed E-state index contributed by atoms with van der Waals surface area (Å²) < 4.78 is 0. The Labute approximate surface area is 89.1 Å². The zero-order chi connectivity index (χ0) is 11.2. The third kappa shape index (κ3) is 5.61. The standard InChI is InChI=1S/C12H27NO/c1-6-7-12(4,5)9-13-11(8-14)10(2)3/h10-11,13-14H,6-9H2,1-5H3. The summed E-state index contributed by atoms with van der Waals surface area (Å²) in [7, 11) is 0. The van der Waals surface area contributed by atoms with Crippen molar-refractivity contribution >= 4 is 0 Å². The predicted molar refractivity (Wildman–Crippen MR) is 62.4 cm³/mol. The number of aliphatic hydroxyl groups excluding tert-OH is 1. The van der Waals surface area contributed by atoms with Gasteiger partial charge < -0.3 is 10.4 Å². The van der Waals surface area contributed by atoms with Crippen LogP contribution in [0.3, 0.4) is 0 Å². The first-order chi connectivity index (χ1) is 6.43. The topological polar surface area (TPSA) is 32.3 Å². The molecule has 2 N–H and O–H groups in total. The van der Waals surface area contributed by atoms with Crippen LogP contribution in [0.25, 0.3) is 0 Å². The van der Waals surface area contributed by atoms with E-state index in [2.05, 4.69) is 39.9 Å². The maximum absolute atomic E-state index is 9.16. The van der Waals surface area contributed by atoms with Gasteiger partial charge in [0, 0.05) is 12.6 Å². The van der Waals surface area contributed by atoms with Gasteiger partial charge in [0.1, 0.15) is 0 Å². The first kappa shape index (κ1) is 13.9. The minimum atomic E-state index is 0.236. The normalized spacial score (nSPS) is 14.8. The van der Waals surface area contributed by atoms with Crippen molar-refractivity contribution in [2.75, 3.05) is 13.2 Å². The second-order valence-corrected chi connectivity index (χ2v) is 5.33. The van der Waals surface area contributed by atoms with Gasteiger partial charge >= 0.3 is 0 Å². The smallest absolute Gasteiger partial charge is 0.0587 e. The maximum Gasteiger partial charge on any atom is 0.0587 e. The van der Waals surface area contributed by atoms with Crippen molar-refractivity contribution in [3.63, 3.8) is 0 Å². The Balaban J connectivity index is 3.89. The van der Waals surface area contributed by atoms with E-state index in [-0.39, 0.29) is 12.6 Å². The summed E-state index contributed by atoms with van der Waals surface area (Å²) >= 11 is 0. The molecule has 86 valence electrons. The molecule has 0 heterocycles. The fourth-order valence-electron chi connectivity index (χ4n) is 1.68. The lowest BCUT2D eigenvalue weighted by molar-refractivity contribution is 0.190. The molecule has 2 nitrogen and oxygen atoms in total. The minimum absolute atomic E-state index is 0.236. The lowest BCUT2D eigenvalue weighted by atomic mass is 9.87. The third-order valence-electron chi connectivity index (χ3n) is 2.77. The fraction of sp³-hybridized carbons (Fsp3) is 1.00. The lowest BCUT2D eigenvalue weighted by Crippen LogP contribution is -2.42. The molecule has 0 spiro atoms. The first-order valence-electron chi connectivity index (χ1n) is 5.77. The van der Waals surface area contributed by atoms with Crippen molar-refractivity contribution < 1.29 is 5.11 Å². The van der Waals surface area contributed by atoms with E-state index in [1.54, 1.807) is 0 Å². The molecule has 0 aromatic carbocycles. The maximum atomic E-state index is 9.16. The van der Waals surface area contributed by atoms with Crippen LogP contribution in [0.1, 0.15) is 47.5 Å². The molecule has 0 aliphatic carbocycles. The molecule has 0 radical (unpaired) electrons. The van der Waals surface area contributed by atoms with Crippen LogP contribution >= 0.6 is 0 Å². The molecule has 0 aliphatic rings. The molecule has 1 unspecified atom stereocenters. The summed E-state index contributed by atoms with van der Waals surface area (Å²) in [6.45, 7) is 12.3. The second-order valence-electron chi connectivity index (χ2n) is 5.33. The van der Waals surface area contributed by atoms with Crippen LogP contribution in [-0.4, -0.2) is 24.3 Å². The summed E-state index contributed by atoms with van der Waals surface area (Å²) in [5.74, 6) is 0.498. The number of hydrogen-bond donors (Lipinski definition) is 2. The molecule has 0 amide bonds. The van der Waals surface area contributed by atoms with Crippen LogP contribution in [0.5, 0.6) is 0 Å². The van der Waals surface area contributed by atoms with Gasteiger partial charge in [-0.15, -0.1) is 0 Å². The van der Waals surface area contributed by atoms with Gasteiger partial charge in [-0.25, -0.2) is 0 Å². The van der Waals surface area contributed by atoms with Crippen molar-refractivity contribution in [1.82, 2.24) is 5.32 Å².